The number of amides is 1. The van der Waals surface area contributed by atoms with E-state index in [4.69, 9.17) is 9.26 Å². The van der Waals surface area contributed by atoms with E-state index in [1.807, 2.05) is 0 Å². The number of carbonyl (C=O) groups excluding carboxylic acids is 2. The molecular weight excluding hydrogens is 404 g/mol. The van der Waals surface area contributed by atoms with Crippen molar-refractivity contribution in [3.63, 3.8) is 0 Å². The highest BCUT2D eigenvalue weighted by molar-refractivity contribution is 7.12. The van der Waals surface area contributed by atoms with Gasteiger partial charge in [-0.05, 0) is 36.1 Å². The normalized spacial score (nSPS) is 16.2. The van der Waals surface area contributed by atoms with E-state index < -0.39 is 23.5 Å². The van der Waals surface area contributed by atoms with Gasteiger partial charge in [-0.25, -0.2) is 0 Å². The Bertz CT molecular complexity index is 1130. The van der Waals surface area contributed by atoms with E-state index >= 15 is 0 Å². The topological polar surface area (TPSA) is 92.9 Å². The Hall–Kier alpha value is -3.65. The van der Waals surface area contributed by atoms with E-state index in [1.165, 1.54) is 16.2 Å². The molecule has 3 heterocycles. The standard InChI is InChI=1S/C22H18N2O5S/c1-3-10-28-15-8-6-14(7-9-15)19-18(20(25)16-5-4-11-30-16)21(26)22(27)24(19)17-12-13(2)29-23-17/h3-9,11-12,19,26H,1,10H2,2H3. The number of hydrogen-bond acceptors (Lipinski definition) is 7. The second kappa shape index (κ2) is 8.00. The molecule has 0 fully saturated rings. The minimum absolute atomic E-state index is 0.00265. The van der Waals surface area contributed by atoms with Gasteiger partial charge in [0.05, 0.1) is 16.5 Å². The molecule has 1 unspecified atom stereocenters. The van der Waals surface area contributed by atoms with Crippen LogP contribution in [-0.4, -0.2) is 28.6 Å². The molecule has 0 saturated carbocycles. The molecule has 1 atom stereocenters. The number of anilines is 1. The van der Waals surface area contributed by atoms with Gasteiger partial charge in [0.1, 0.15) is 18.1 Å². The summed E-state index contributed by atoms with van der Waals surface area (Å²) in [6.07, 6.45) is 1.64. The largest absolute Gasteiger partial charge is 0.503 e. The van der Waals surface area contributed by atoms with Gasteiger partial charge in [-0.3, -0.25) is 14.5 Å². The van der Waals surface area contributed by atoms with Crippen LogP contribution in [0.2, 0.25) is 0 Å². The third-order valence-corrected chi connectivity index (χ3v) is 5.49. The SMILES string of the molecule is C=CCOc1ccc(C2C(C(=O)c3cccs3)=C(O)C(=O)N2c2cc(C)on2)cc1. The Labute approximate surface area is 176 Å². The second-order valence-corrected chi connectivity index (χ2v) is 7.56. The number of aliphatic hydroxyl groups excluding tert-OH is 1. The van der Waals surface area contributed by atoms with Gasteiger partial charge in [-0.2, -0.15) is 0 Å². The lowest BCUT2D eigenvalue weighted by molar-refractivity contribution is -0.117. The first kappa shape index (κ1) is 19.7. The molecule has 0 bridgehead atoms. The summed E-state index contributed by atoms with van der Waals surface area (Å²) in [5, 5.41) is 16.3. The number of ether oxygens (including phenoxy) is 1. The first-order chi connectivity index (χ1) is 14.5. The zero-order chi connectivity index (χ0) is 21.3. The molecule has 0 saturated heterocycles. The van der Waals surface area contributed by atoms with Crippen molar-refractivity contribution < 1.29 is 24.0 Å². The number of aromatic nitrogens is 1. The summed E-state index contributed by atoms with van der Waals surface area (Å²) in [6.45, 7) is 5.67. The minimum Gasteiger partial charge on any atom is -0.503 e. The Morgan fingerprint density at radius 2 is 2.13 bits per heavy atom. The van der Waals surface area contributed by atoms with Crippen LogP contribution in [0.25, 0.3) is 0 Å². The van der Waals surface area contributed by atoms with Crippen molar-refractivity contribution in [1.82, 2.24) is 5.16 Å². The third-order valence-electron chi connectivity index (χ3n) is 4.62. The van der Waals surface area contributed by atoms with Crippen LogP contribution in [0.1, 0.15) is 27.0 Å². The van der Waals surface area contributed by atoms with E-state index in [-0.39, 0.29) is 11.4 Å². The second-order valence-electron chi connectivity index (χ2n) is 6.61. The molecule has 1 aromatic carbocycles. The average molecular weight is 422 g/mol. The lowest BCUT2D eigenvalue weighted by Gasteiger charge is -2.24. The Balaban J connectivity index is 1.80. The fraction of sp³-hybridized carbons (Fsp3) is 0.136. The number of benzene rings is 1. The molecule has 3 aromatic rings. The molecule has 4 rings (SSSR count). The fourth-order valence-corrected chi connectivity index (χ4v) is 3.98. The molecule has 7 nitrogen and oxygen atoms in total. The monoisotopic (exact) mass is 422 g/mol. The number of ketones is 1. The quantitative estimate of drug-likeness (QED) is 0.448. The summed E-state index contributed by atoms with van der Waals surface area (Å²) >= 11 is 1.24. The molecule has 30 heavy (non-hydrogen) atoms. The number of nitrogens with zero attached hydrogens (tertiary/aromatic N) is 2. The number of aryl methyl sites for hydroxylation is 1. The summed E-state index contributed by atoms with van der Waals surface area (Å²) in [4.78, 5) is 27.8. The number of aliphatic hydroxyl groups is 1. The highest BCUT2D eigenvalue weighted by atomic mass is 32.1. The molecular formula is C22H18N2O5S. The summed E-state index contributed by atoms with van der Waals surface area (Å²) in [5.41, 5.74) is 0.627. The van der Waals surface area contributed by atoms with Gasteiger partial charge in [-0.1, -0.05) is 36.0 Å². The minimum atomic E-state index is -0.856. The van der Waals surface area contributed by atoms with E-state index in [0.717, 1.165) is 0 Å². The van der Waals surface area contributed by atoms with Gasteiger partial charge < -0.3 is 14.4 Å². The summed E-state index contributed by atoms with van der Waals surface area (Å²) in [5.74, 6) is -0.370. The Kier molecular flexibility index (Phi) is 5.24. The van der Waals surface area contributed by atoms with E-state index in [9.17, 15) is 14.7 Å². The van der Waals surface area contributed by atoms with Gasteiger partial charge >= 0.3 is 0 Å². The zero-order valence-corrected chi connectivity index (χ0v) is 16.9. The molecule has 1 aliphatic heterocycles. The van der Waals surface area contributed by atoms with E-state index in [1.54, 1.807) is 60.8 Å². The molecule has 0 spiro atoms. The number of carbonyl (C=O) groups is 2. The van der Waals surface area contributed by atoms with Crippen molar-refractivity contribution >= 4 is 28.8 Å². The molecule has 1 amide bonds. The van der Waals surface area contributed by atoms with Crippen molar-refractivity contribution in [2.75, 3.05) is 11.5 Å². The average Bonchev–Trinajstić information content (AvgIpc) is 3.48. The van der Waals surface area contributed by atoms with Crippen LogP contribution in [-0.2, 0) is 4.79 Å². The summed E-state index contributed by atoms with van der Waals surface area (Å²) in [7, 11) is 0. The first-order valence-electron chi connectivity index (χ1n) is 9.13. The van der Waals surface area contributed by atoms with Gasteiger partial charge in [-0.15, -0.1) is 11.3 Å². The van der Waals surface area contributed by atoms with Crippen LogP contribution >= 0.6 is 11.3 Å². The molecule has 0 radical (unpaired) electrons. The van der Waals surface area contributed by atoms with Crippen molar-refractivity contribution in [3.8, 4) is 5.75 Å². The van der Waals surface area contributed by atoms with Gasteiger partial charge in [0, 0.05) is 6.07 Å². The smallest absolute Gasteiger partial charge is 0.295 e. The molecule has 1 aliphatic rings. The lowest BCUT2D eigenvalue weighted by Crippen LogP contribution is -2.31. The van der Waals surface area contributed by atoms with Crippen molar-refractivity contribution in [1.29, 1.82) is 0 Å². The zero-order valence-electron chi connectivity index (χ0n) is 16.1. The molecule has 0 aliphatic carbocycles. The lowest BCUT2D eigenvalue weighted by atomic mass is 9.95. The number of Topliss-reactive ketones (excluding diaryl/α,β-unsaturated/α-hetero) is 1. The molecule has 8 heteroatoms. The van der Waals surface area contributed by atoms with Crippen LogP contribution in [0.15, 0.2) is 76.4 Å². The molecule has 2 aromatic heterocycles. The maximum atomic E-state index is 13.2. The molecule has 152 valence electrons. The van der Waals surface area contributed by atoms with Gasteiger partial charge in [0.2, 0.25) is 5.78 Å². The highest BCUT2D eigenvalue weighted by Gasteiger charge is 2.46. The van der Waals surface area contributed by atoms with Crippen LogP contribution in [0.4, 0.5) is 5.82 Å². The Morgan fingerprint density at radius 3 is 2.73 bits per heavy atom. The van der Waals surface area contributed by atoms with E-state index in [0.29, 0.717) is 28.6 Å². The van der Waals surface area contributed by atoms with Gasteiger partial charge in [0.15, 0.2) is 11.6 Å². The Morgan fingerprint density at radius 1 is 1.37 bits per heavy atom. The highest BCUT2D eigenvalue weighted by Crippen LogP contribution is 2.42. The number of thiophene rings is 1. The van der Waals surface area contributed by atoms with Crippen molar-refractivity contribution in [2.24, 2.45) is 0 Å². The summed E-state index contributed by atoms with van der Waals surface area (Å²) < 4.78 is 10.6. The van der Waals surface area contributed by atoms with Crippen molar-refractivity contribution in [2.45, 2.75) is 13.0 Å². The number of rotatable bonds is 7. The van der Waals surface area contributed by atoms with Crippen molar-refractivity contribution in [3.05, 3.63) is 88.0 Å². The number of hydrogen-bond donors (Lipinski definition) is 1. The third kappa shape index (κ3) is 3.42. The van der Waals surface area contributed by atoms with Crippen LogP contribution < -0.4 is 9.64 Å². The van der Waals surface area contributed by atoms with Gasteiger partial charge in [0.25, 0.3) is 5.91 Å². The first-order valence-corrected chi connectivity index (χ1v) is 10.0. The maximum absolute atomic E-state index is 13.2. The van der Waals surface area contributed by atoms with Crippen LogP contribution in [0, 0.1) is 6.92 Å². The van der Waals surface area contributed by atoms with Crippen LogP contribution in [0.5, 0.6) is 5.75 Å². The van der Waals surface area contributed by atoms with Crippen LogP contribution in [0.3, 0.4) is 0 Å². The predicted octanol–water partition coefficient (Wildman–Crippen LogP) is 4.39. The van der Waals surface area contributed by atoms with E-state index in [2.05, 4.69) is 11.7 Å². The predicted molar refractivity (Wildman–Crippen MR) is 112 cm³/mol. The summed E-state index contributed by atoms with van der Waals surface area (Å²) in [6, 6.07) is 11.1. The maximum Gasteiger partial charge on any atom is 0.295 e. The fourth-order valence-electron chi connectivity index (χ4n) is 3.30. The molecule has 1 N–H and O–H groups in total.